The molecule has 0 radical (unpaired) electrons. The zero-order valence-electron chi connectivity index (χ0n) is 5.78. The van der Waals surface area contributed by atoms with Crippen LogP contribution in [0.25, 0.3) is 0 Å². The summed E-state index contributed by atoms with van der Waals surface area (Å²) in [5.74, 6) is -0.487. The maximum absolute atomic E-state index is 10.8. The summed E-state index contributed by atoms with van der Waals surface area (Å²) in [7, 11) is -4.26. The van der Waals surface area contributed by atoms with Crippen molar-refractivity contribution in [1.82, 2.24) is 0 Å². The average Bonchev–Trinajstić information content (AvgIpc) is 1.86. The molecule has 0 fully saturated rings. The fraction of sp³-hybridized carbons (Fsp3) is 0.500. The topological polar surface area (TPSA) is 71.4 Å². The standard InChI is InChI=1S/C6H8O4S/c7-5-3-1-2-4-6(5)11(8,9)10/h4H,1-3H2,(H,8,9,10). The van der Waals surface area contributed by atoms with E-state index in [1.807, 2.05) is 0 Å². The first kappa shape index (κ1) is 8.42. The molecule has 0 aromatic rings. The molecule has 62 valence electrons. The minimum Gasteiger partial charge on any atom is -0.293 e. The molecule has 5 heteroatoms. The van der Waals surface area contributed by atoms with Gasteiger partial charge in [-0.1, -0.05) is 6.08 Å². The fourth-order valence-corrected chi connectivity index (χ4v) is 1.70. The van der Waals surface area contributed by atoms with Crippen LogP contribution in [0.5, 0.6) is 0 Å². The lowest BCUT2D eigenvalue weighted by Gasteiger charge is -2.07. The van der Waals surface area contributed by atoms with Gasteiger partial charge in [0, 0.05) is 6.42 Å². The lowest BCUT2D eigenvalue weighted by Crippen LogP contribution is -2.15. The van der Waals surface area contributed by atoms with E-state index in [0.29, 0.717) is 12.8 Å². The van der Waals surface area contributed by atoms with Gasteiger partial charge >= 0.3 is 0 Å². The predicted molar refractivity (Wildman–Crippen MR) is 38.5 cm³/mol. The van der Waals surface area contributed by atoms with Gasteiger partial charge in [-0.25, -0.2) is 0 Å². The SMILES string of the molecule is O=C1CCCC=C1S(=O)(=O)O. The van der Waals surface area contributed by atoms with Crippen LogP contribution in [-0.2, 0) is 14.9 Å². The number of allylic oxidation sites excluding steroid dienone is 2. The fourth-order valence-electron chi connectivity index (χ4n) is 0.982. The van der Waals surface area contributed by atoms with Crippen molar-refractivity contribution in [2.75, 3.05) is 0 Å². The second-order valence-corrected chi connectivity index (χ2v) is 3.75. The minimum atomic E-state index is -4.26. The summed E-state index contributed by atoms with van der Waals surface area (Å²) < 4.78 is 29.4. The van der Waals surface area contributed by atoms with Gasteiger partial charge in [-0.3, -0.25) is 9.35 Å². The molecule has 0 heterocycles. The zero-order chi connectivity index (χ0) is 8.48. The number of hydrogen-bond acceptors (Lipinski definition) is 3. The van der Waals surface area contributed by atoms with Gasteiger partial charge < -0.3 is 0 Å². The van der Waals surface area contributed by atoms with Crippen LogP contribution in [0.1, 0.15) is 19.3 Å². The van der Waals surface area contributed by atoms with E-state index in [2.05, 4.69) is 0 Å². The van der Waals surface area contributed by atoms with Gasteiger partial charge in [-0.15, -0.1) is 0 Å². The summed E-state index contributed by atoms with van der Waals surface area (Å²) in [4.78, 5) is 10.4. The molecule has 1 N–H and O–H groups in total. The molecule has 0 bridgehead atoms. The summed E-state index contributed by atoms with van der Waals surface area (Å²) in [5.41, 5.74) is 0. The van der Waals surface area contributed by atoms with Crippen LogP contribution in [0.2, 0.25) is 0 Å². The Hall–Kier alpha value is -0.680. The second-order valence-electron chi connectivity index (χ2n) is 2.36. The van der Waals surface area contributed by atoms with Crippen molar-refractivity contribution in [2.45, 2.75) is 19.3 Å². The Morgan fingerprint density at radius 2 is 2.09 bits per heavy atom. The molecular formula is C6H8O4S. The van der Waals surface area contributed by atoms with Crippen molar-refractivity contribution in [3.63, 3.8) is 0 Å². The third-order valence-corrected chi connectivity index (χ3v) is 2.44. The van der Waals surface area contributed by atoms with Crippen molar-refractivity contribution in [1.29, 1.82) is 0 Å². The summed E-state index contributed by atoms with van der Waals surface area (Å²) >= 11 is 0. The second kappa shape index (κ2) is 2.75. The molecule has 4 nitrogen and oxygen atoms in total. The van der Waals surface area contributed by atoms with Gasteiger partial charge in [0.25, 0.3) is 10.1 Å². The maximum Gasteiger partial charge on any atom is 0.297 e. The van der Waals surface area contributed by atoms with Crippen molar-refractivity contribution in [3.8, 4) is 0 Å². The number of hydrogen-bond donors (Lipinski definition) is 1. The number of carbonyl (C=O) groups is 1. The largest absolute Gasteiger partial charge is 0.297 e. The van der Waals surface area contributed by atoms with E-state index >= 15 is 0 Å². The van der Waals surface area contributed by atoms with Gasteiger partial charge in [0.05, 0.1) is 0 Å². The van der Waals surface area contributed by atoms with E-state index < -0.39 is 20.8 Å². The third-order valence-electron chi connectivity index (χ3n) is 1.49. The molecule has 0 atom stereocenters. The molecule has 0 saturated heterocycles. The molecule has 0 aromatic heterocycles. The van der Waals surface area contributed by atoms with E-state index in [1.54, 1.807) is 0 Å². The highest BCUT2D eigenvalue weighted by atomic mass is 32.2. The monoisotopic (exact) mass is 176 g/mol. The molecule has 0 spiro atoms. The minimum absolute atomic E-state index is 0.214. The van der Waals surface area contributed by atoms with Crippen LogP contribution >= 0.6 is 0 Å². The molecule has 0 aromatic carbocycles. The van der Waals surface area contributed by atoms with Crippen molar-refractivity contribution >= 4 is 15.9 Å². The van der Waals surface area contributed by atoms with E-state index in [1.165, 1.54) is 6.08 Å². The lowest BCUT2D eigenvalue weighted by atomic mass is 10.1. The molecule has 0 aliphatic heterocycles. The first-order chi connectivity index (χ1) is 5.02. The van der Waals surface area contributed by atoms with Crippen LogP contribution in [0.4, 0.5) is 0 Å². The Kier molecular flexibility index (Phi) is 2.10. The van der Waals surface area contributed by atoms with Crippen LogP contribution in [0.3, 0.4) is 0 Å². The smallest absolute Gasteiger partial charge is 0.293 e. The van der Waals surface area contributed by atoms with Gasteiger partial charge in [0.2, 0.25) is 0 Å². The van der Waals surface area contributed by atoms with Crippen LogP contribution in [0, 0.1) is 0 Å². The molecule has 11 heavy (non-hydrogen) atoms. The summed E-state index contributed by atoms with van der Waals surface area (Å²) in [6.45, 7) is 0. The van der Waals surface area contributed by atoms with E-state index in [-0.39, 0.29) is 6.42 Å². The molecule has 0 amide bonds. The summed E-state index contributed by atoms with van der Waals surface area (Å²) in [6, 6.07) is 0. The van der Waals surface area contributed by atoms with Crippen molar-refractivity contribution in [2.24, 2.45) is 0 Å². The summed E-state index contributed by atoms with van der Waals surface area (Å²) in [5, 5.41) is 0. The molecular weight excluding hydrogens is 168 g/mol. The zero-order valence-corrected chi connectivity index (χ0v) is 6.60. The molecule has 0 unspecified atom stereocenters. The van der Waals surface area contributed by atoms with Gasteiger partial charge in [-0.05, 0) is 12.8 Å². The number of rotatable bonds is 1. The molecule has 1 rings (SSSR count). The van der Waals surface area contributed by atoms with Gasteiger partial charge in [-0.2, -0.15) is 8.42 Å². The highest BCUT2D eigenvalue weighted by molar-refractivity contribution is 7.90. The lowest BCUT2D eigenvalue weighted by molar-refractivity contribution is -0.115. The van der Waals surface area contributed by atoms with Crippen LogP contribution in [-0.4, -0.2) is 18.8 Å². The molecule has 1 aliphatic rings. The normalized spacial score (nSPS) is 19.7. The van der Waals surface area contributed by atoms with Crippen LogP contribution < -0.4 is 0 Å². The Morgan fingerprint density at radius 3 is 2.45 bits per heavy atom. The quantitative estimate of drug-likeness (QED) is 0.591. The van der Waals surface area contributed by atoms with Crippen molar-refractivity contribution < 1.29 is 17.8 Å². The highest BCUT2D eigenvalue weighted by Gasteiger charge is 2.23. The Balaban J connectivity index is 3.04. The first-order valence-electron chi connectivity index (χ1n) is 3.22. The first-order valence-corrected chi connectivity index (χ1v) is 4.66. The Bertz CT molecular complexity index is 299. The van der Waals surface area contributed by atoms with E-state index in [0.717, 1.165) is 0 Å². The van der Waals surface area contributed by atoms with Crippen LogP contribution in [0.15, 0.2) is 11.0 Å². The highest BCUT2D eigenvalue weighted by Crippen LogP contribution is 2.17. The third kappa shape index (κ3) is 1.87. The van der Waals surface area contributed by atoms with E-state index in [4.69, 9.17) is 4.55 Å². The van der Waals surface area contributed by atoms with Gasteiger partial charge in [0.15, 0.2) is 5.78 Å². The summed E-state index contributed by atoms with van der Waals surface area (Å²) in [6.07, 6.45) is 2.69. The average molecular weight is 176 g/mol. The van der Waals surface area contributed by atoms with Crippen molar-refractivity contribution in [3.05, 3.63) is 11.0 Å². The number of ketones is 1. The Labute approximate surface area is 64.7 Å². The predicted octanol–water partition coefficient (Wildman–Crippen LogP) is 0.511. The Morgan fingerprint density at radius 1 is 1.45 bits per heavy atom. The van der Waals surface area contributed by atoms with E-state index in [9.17, 15) is 13.2 Å². The molecule has 1 aliphatic carbocycles. The molecule has 0 saturated carbocycles. The maximum atomic E-state index is 10.8. The number of carbonyl (C=O) groups excluding carboxylic acids is 1. The van der Waals surface area contributed by atoms with Gasteiger partial charge in [0.1, 0.15) is 4.91 Å². The number of Topliss-reactive ketones (excluding diaryl/α,β-unsaturated/α-hetero) is 1.